The summed E-state index contributed by atoms with van der Waals surface area (Å²) in [7, 11) is 0. The molecule has 0 amide bonds. The van der Waals surface area contributed by atoms with E-state index in [1.807, 2.05) is 10.7 Å². The largest absolute Gasteiger partial charge is 0.508 e. The zero-order valence-corrected chi connectivity index (χ0v) is 9.13. The van der Waals surface area contributed by atoms with Gasteiger partial charge < -0.3 is 5.11 Å². The Morgan fingerprint density at radius 2 is 2.25 bits per heavy atom. The van der Waals surface area contributed by atoms with Gasteiger partial charge in [-0.1, -0.05) is 24.5 Å². The van der Waals surface area contributed by atoms with E-state index in [4.69, 9.17) is 0 Å². The highest BCUT2D eigenvalue weighted by Crippen LogP contribution is 2.30. The van der Waals surface area contributed by atoms with E-state index in [-0.39, 0.29) is 5.75 Å². The lowest BCUT2D eigenvalue weighted by Crippen LogP contribution is -2.14. The summed E-state index contributed by atoms with van der Waals surface area (Å²) < 4.78 is 1.94. The van der Waals surface area contributed by atoms with Crippen molar-refractivity contribution in [1.82, 2.24) is 15.0 Å². The van der Waals surface area contributed by atoms with Gasteiger partial charge in [0.1, 0.15) is 11.3 Å². The van der Waals surface area contributed by atoms with E-state index in [0.29, 0.717) is 0 Å². The Kier molecular flexibility index (Phi) is 2.27. The summed E-state index contributed by atoms with van der Waals surface area (Å²) in [4.78, 5) is 0. The van der Waals surface area contributed by atoms with Crippen molar-refractivity contribution in [2.75, 3.05) is 0 Å². The van der Waals surface area contributed by atoms with E-state index < -0.39 is 0 Å². The zero-order valence-electron chi connectivity index (χ0n) is 9.13. The third kappa shape index (κ3) is 1.64. The third-order valence-electron chi connectivity index (χ3n) is 3.47. The van der Waals surface area contributed by atoms with E-state index >= 15 is 0 Å². The Balaban J connectivity index is 1.80. The highest BCUT2D eigenvalue weighted by molar-refractivity contribution is 5.75. The van der Waals surface area contributed by atoms with Gasteiger partial charge in [-0.25, -0.2) is 4.68 Å². The number of aryl methyl sites for hydroxylation is 1. The summed E-state index contributed by atoms with van der Waals surface area (Å²) in [5.74, 6) is 1.13. The van der Waals surface area contributed by atoms with Gasteiger partial charge in [0.15, 0.2) is 0 Å². The fraction of sp³-hybridized carbons (Fsp3) is 0.500. The van der Waals surface area contributed by atoms with Crippen LogP contribution >= 0.6 is 0 Å². The van der Waals surface area contributed by atoms with Crippen LogP contribution in [0.5, 0.6) is 5.75 Å². The molecule has 16 heavy (non-hydrogen) atoms. The molecule has 0 spiro atoms. The average Bonchev–Trinajstić information content (AvgIpc) is 2.58. The van der Waals surface area contributed by atoms with Crippen LogP contribution in [0.15, 0.2) is 18.2 Å². The summed E-state index contributed by atoms with van der Waals surface area (Å²) in [6.07, 6.45) is 5.32. The smallest absolute Gasteiger partial charge is 0.117 e. The molecule has 1 saturated carbocycles. The molecule has 0 unspecified atom stereocenters. The number of aromatic nitrogens is 3. The van der Waals surface area contributed by atoms with Gasteiger partial charge in [0.05, 0.1) is 5.52 Å². The van der Waals surface area contributed by atoms with Crippen molar-refractivity contribution in [3.8, 4) is 5.75 Å². The number of aromatic hydroxyl groups is 1. The molecule has 1 fully saturated rings. The highest BCUT2D eigenvalue weighted by atomic mass is 16.3. The van der Waals surface area contributed by atoms with Crippen molar-refractivity contribution < 1.29 is 5.11 Å². The maximum absolute atomic E-state index is 9.33. The summed E-state index contributed by atoms with van der Waals surface area (Å²) in [6, 6.07) is 5.22. The number of nitrogens with zero attached hydrogens (tertiary/aromatic N) is 3. The van der Waals surface area contributed by atoms with Crippen molar-refractivity contribution in [3.05, 3.63) is 18.2 Å². The number of rotatable bonds is 3. The number of hydrogen-bond acceptors (Lipinski definition) is 3. The minimum atomic E-state index is 0.249. The molecule has 0 aliphatic heterocycles. The van der Waals surface area contributed by atoms with Crippen molar-refractivity contribution in [1.29, 1.82) is 0 Å². The first kappa shape index (κ1) is 9.63. The molecule has 0 bridgehead atoms. The summed E-state index contributed by atoms with van der Waals surface area (Å²) >= 11 is 0. The van der Waals surface area contributed by atoms with Crippen molar-refractivity contribution >= 4 is 11.0 Å². The molecule has 1 aliphatic carbocycles. The highest BCUT2D eigenvalue weighted by Gasteiger charge is 2.17. The lowest BCUT2D eigenvalue weighted by atomic mass is 9.83. The second kappa shape index (κ2) is 3.77. The average molecular weight is 217 g/mol. The van der Waals surface area contributed by atoms with E-state index in [0.717, 1.165) is 23.5 Å². The summed E-state index contributed by atoms with van der Waals surface area (Å²) in [5.41, 5.74) is 1.78. The van der Waals surface area contributed by atoms with Crippen LogP contribution in [0.3, 0.4) is 0 Å². The Labute approximate surface area is 93.9 Å². The fourth-order valence-electron chi connectivity index (χ4n) is 2.21. The van der Waals surface area contributed by atoms with Crippen LogP contribution in [0.25, 0.3) is 11.0 Å². The van der Waals surface area contributed by atoms with Gasteiger partial charge in [0, 0.05) is 12.6 Å². The molecule has 1 aliphatic rings. The molecular formula is C12H15N3O. The van der Waals surface area contributed by atoms with Gasteiger partial charge in [-0.15, -0.1) is 5.10 Å². The number of fused-ring (bicyclic) bond motifs is 1. The second-order valence-electron chi connectivity index (χ2n) is 4.57. The van der Waals surface area contributed by atoms with Crippen LogP contribution in [-0.2, 0) is 6.54 Å². The van der Waals surface area contributed by atoms with Crippen molar-refractivity contribution in [2.24, 2.45) is 5.92 Å². The van der Waals surface area contributed by atoms with Crippen LogP contribution in [0.4, 0.5) is 0 Å². The molecule has 84 valence electrons. The maximum Gasteiger partial charge on any atom is 0.117 e. The van der Waals surface area contributed by atoms with Crippen molar-refractivity contribution in [3.63, 3.8) is 0 Å². The molecular weight excluding hydrogens is 202 g/mol. The lowest BCUT2D eigenvalue weighted by Gasteiger charge is -2.24. The quantitative estimate of drug-likeness (QED) is 0.858. The van der Waals surface area contributed by atoms with Crippen LogP contribution in [0.1, 0.15) is 25.7 Å². The van der Waals surface area contributed by atoms with Gasteiger partial charge >= 0.3 is 0 Å². The minimum Gasteiger partial charge on any atom is -0.508 e. The van der Waals surface area contributed by atoms with Gasteiger partial charge in [0.25, 0.3) is 0 Å². The van der Waals surface area contributed by atoms with Crippen LogP contribution in [0.2, 0.25) is 0 Å². The summed E-state index contributed by atoms with van der Waals surface area (Å²) in [6.45, 7) is 0.936. The van der Waals surface area contributed by atoms with Crippen LogP contribution < -0.4 is 0 Å². The molecule has 1 aromatic carbocycles. The molecule has 1 heterocycles. The molecule has 4 heteroatoms. The first-order chi connectivity index (χ1) is 7.83. The molecule has 4 nitrogen and oxygen atoms in total. The standard InChI is InChI=1S/C12H15N3O/c16-10-4-5-12-11(8-10)13-14-15(12)7-6-9-2-1-3-9/h4-5,8-9,16H,1-3,6-7H2. The predicted octanol–water partition coefficient (Wildman–Crippen LogP) is 2.33. The van der Waals surface area contributed by atoms with E-state index in [2.05, 4.69) is 10.3 Å². The molecule has 0 radical (unpaired) electrons. The maximum atomic E-state index is 9.33. The normalized spacial score (nSPS) is 16.5. The van der Waals surface area contributed by atoms with E-state index in [1.54, 1.807) is 12.1 Å². The van der Waals surface area contributed by atoms with Gasteiger partial charge in [-0.2, -0.15) is 0 Å². The lowest BCUT2D eigenvalue weighted by molar-refractivity contribution is 0.278. The van der Waals surface area contributed by atoms with Crippen LogP contribution in [0, 0.1) is 5.92 Å². The minimum absolute atomic E-state index is 0.249. The number of hydrogen-bond donors (Lipinski definition) is 1. The van der Waals surface area contributed by atoms with Crippen molar-refractivity contribution in [2.45, 2.75) is 32.2 Å². The Hall–Kier alpha value is -1.58. The molecule has 0 atom stereocenters. The molecule has 1 aromatic heterocycles. The first-order valence-corrected chi connectivity index (χ1v) is 5.85. The Morgan fingerprint density at radius 3 is 3.00 bits per heavy atom. The molecule has 2 aromatic rings. The summed E-state index contributed by atoms with van der Waals surface area (Å²) in [5, 5.41) is 17.5. The second-order valence-corrected chi connectivity index (χ2v) is 4.57. The van der Waals surface area contributed by atoms with Gasteiger partial charge in [-0.05, 0) is 24.5 Å². The van der Waals surface area contributed by atoms with Gasteiger partial charge in [-0.3, -0.25) is 0 Å². The van der Waals surface area contributed by atoms with E-state index in [1.165, 1.54) is 25.7 Å². The topological polar surface area (TPSA) is 50.9 Å². The van der Waals surface area contributed by atoms with E-state index in [9.17, 15) is 5.11 Å². The monoisotopic (exact) mass is 217 g/mol. The molecule has 3 rings (SSSR count). The fourth-order valence-corrected chi connectivity index (χ4v) is 2.21. The number of benzene rings is 1. The number of phenolic OH excluding ortho intramolecular Hbond substituents is 1. The van der Waals surface area contributed by atoms with Crippen LogP contribution in [-0.4, -0.2) is 20.1 Å². The molecule has 0 saturated heterocycles. The molecule has 1 N–H and O–H groups in total. The Bertz CT molecular complexity index is 502. The SMILES string of the molecule is Oc1ccc2c(c1)nnn2CCC1CCC1. The predicted molar refractivity (Wildman–Crippen MR) is 61.2 cm³/mol. The zero-order chi connectivity index (χ0) is 11.0. The third-order valence-corrected chi connectivity index (χ3v) is 3.47. The first-order valence-electron chi connectivity index (χ1n) is 5.85. The van der Waals surface area contributed by atoms with Gasteiger partial charge in [0.2, 0.25) is 0 Å². The Morgan fingerprint density at radius 1 is 1.38 bits per heavy atom. The number of phenols is 1.